The molecule has 0 aliphatic carbocycles. The summed E-state index contributed by atoms with van der Waals surface area (Å²) >= 11 is 0. The minimum absolute atomic E-state index is 0.259. The highest BCUT2D eigenvalue weighted by atomic mass is 19.1. The summed E-state index contributed by atoms with van der Waals surface area (Å²) in [4.78, 5) is 0. The quantitative estimate of drug-likeness (QED) is 0.791. The van der Waals surface area contributed by atoms with Gasteiger partial charge in [0, 0.05) is 18.8 Å². The second-order valence-electron chi connectivity index (χ2n) is 3.84. The Morgan fingerprint density at radius 2 is 1.44 bits per heavy atom. The monoisotopic (exact) mass is 248 g/mol. The number of para-hydroxylation sites is 1. The Bertz CT molecular complexity index is 497. The summed E-state index contributed by atoms with van der Waals surface area (Å²) in [6, 6.07) is 12.6. The normalized spacial score (nSPS) is 10.1. The standard InChI is InChI=1S/C14H14F2N2/c15-11-5-7-12(8-6-11)17-9-10-18-14-4-2-1-3-13(14)16/h1-8,17-18H,9-10H2. The summed E-state index contributed by atoms with van der Waals surface area (Å²) < 4.78 is 25.9. The van der Waals surface area contributed by atoms with Crippen LogP contribution in [0.1, 0.15) is 0 Å². The summed E-state index contributed by atoms with van der Waals surface area (Å²) in [5, 5.41) is 6.09. The second kappa shape index (κ2) is 6.00. The van der Waals surface area contributed by atoms with Crippen LogP contribution in [-0.4, -0.2) is 13.1 Å². The van der Waals surface area contributed by atoms with Gasteiger partial charge in [0.2, 0.25) is 0 Å². The van der Waals surface area contributed by atoms with Gasteiger partial charge in [-0.1, -0.05) is 12.1 Å². The maximum Gasteiger partial charge on any atom is 0.146 e. The molecule has 18 heavy (non-hydrogen) atoms. The number of hydrogen-bond donors (Lipinski definition) is 2. The fourth-order valence-corrected chi connectivity index (χ4v) is 1.58. The van der Waals surface area contributed by atoms with Gasteiger partial charge in [0.15, 0.2) is 0 Å². The molecular formula is C14H14F2N2. The number of rotatable bonds is 5. The molecule has 0 radical (unpaired) electrons. The van der Waals surface area contributed by atoms with Gasteiger partial charge in [0.25, 0.3) is 0 Å². The van der Waals surface area contributed by atoms with Crippen LogP contribution in [0.2, 0.25) is 0 Å². The zero-order chi connectivity index (χ0) is 12.8. The Kier molecular flexibility index (Phi) is 4.12. The molecule has 0 amide bonds. The first-order valence-corrected chi connectivity index (χ1v) is 5.73. The molecule has 2 aromatic carbocycles. The van der Waals surface area contributed by atoms with Crippen molar-refractivity contribution in [2.45, 2.75) is 0 Å². The maximum atomic E-state index is 13.3. The molecule has 0 fully saturated rings. The van der Waals surface area contributed by atoms with Gasteiger partial charge in [-0.25, -0.2) is 8.78 Å². The second-order valence-corrected chi connectivity index (χ2v) is 3.84. The summed E-state index contributed by atoms with van der Waals surface area (Å²) in [6.45, 7) is 1.21. The summed E-state index contributed by atoms with van der Waals surface area (Å²) in [5.41, 5.74) is 1.32. The molecule has 0 atom stereocenters. The van der Waals surface area contributed by atoms with Gasteiger partial charge >= 0.3 is 0 Å². The number of benzene rings is 2. The van der Waals surface area contributed by atoms with Crippen molar-refractivity contribution >= 4 is 11.4 Å². The predicted octanol–water partition coefficient (Wildman–Crippen LogP) is 3.49. The lowest BCUT2D eigenvalue weighted by atomic mass is 10.3. The van der Waals surface area contributed by atoms with Crippen molar-refractivity contribution in [2.24, 2.45) is 0 Å². The van der Waals surface area contributed by atoms with Crippen LogP contribution in [0.25, 0.3) is 0 Å². The highest BCUT2D eigenvalue weighted by Crippen LogP contribution is 2.12. The lowest BCUT2D eigenvalue weighted by molar-refractivity contribution is 0.628. The molecular weight excluding hydrogens is 234 g/mol. The van der Waals surface area contributed by atoms with Crippen LogP contribution < -0.4 is 10.6 Å². The van der Waals surface area contributed by atoms with Crippen LogP contribution in [0.3, 0.4) is 0 Å². The molecule has 4 heteroatoms. The Morgan fingerprint density at radius 3 is 2.17 bits per heavy atom. The van der Waals surface area contributed by atoms with Crippen molar-refractivity contribution in [2.75, 3.05) is 23.7 Å². The molecule has 2 rings (SSSR count). The first-order chi connectivity index (χ1) is 8.75. The van der Waals surface area contributed by atoms with Crippen LogP contribution >= 0.6 is 0 Å². The molecule has 0 saturated carbocycles. The first kappa shape index (κ1) is 12.4. The molecule has 0 spiro atoms. The average molecular weight is 248 g/mol. The van der Waals surface area contributed by atoms with Gasteiger partial charge in [-0.3, -0.25) is 0 Å². The molecule has 0 bridgehead atoms. The Morgan fingerprint density at radius 1 is 0.778 bits per heavy atom. The Labute approximate surface area is 105 Å². The van der Waals surface area contributed by atoms with E-state index in [-0.39, 0.29) is 11.6 Å². The van der Waals surface area contributed by atoms with Crippen molar-refractivity contribution in [1.82, 2.24) is 0 Å². The fourth-order valence-electron chi connectivity index (χ4n) is 1.58. The molecule has 0 heterocycles. The van der Waals surface area contributed by atoms with Crippen molar-refractivity contribution < 1.29 is 8.78 Å². The SMILES string of the molecule is Fc1ccc(NCCNc2ccccc2F)cc1. The minimum Gasteiger partial charge on any atom is -0.383 e. The molecule has 0 aliphatic rings. The van der Waals surface area contributed by atoms with E-state index in [1.54, 1.807) is 30.3 Å². The number of halogens is 2. The minimum atomic E-state index is -0.265. The van der Waals surface area contributed by atoms with E-state index in [0.717, 1.165) is 5.69 Å². The highest BCUT2D eigenvalue weighted by molar-refractivity contribution is 5.46. The number of nitrogens with one attached hydrogen (secondary N) is 2. The van der Waals surface area contributed by atoms with Crippen molar-refractivity contribution in [3.05, 3.63) is 60.2 Å². The lowest BCUT2D eigenvalue weighted by Gasteiger charge is -2.09. The van der Waals surface area contributed by atoms with Gasteiger partial charge < -0.3 is 10.6 Å². The van der Waals surface area contributed by atoms with Gasteiger partial charge in [0.1, 0.15) is 11.6 Å². The number of anilines is 2. The maximum absolute atomic E-state index is 13.3. The fraction of sp³-hybridized carbons (Fsp3) is 0.143. The van der Waals surface area contributed by atoms with Gasteiger partial charge in [0.05, 0.1) is 5.69 Å². The van der Waals surface area contributed by atoms with E-state index < -0.39 is 0 Å². The predicted molar refractivity (Wildman–Crippen MR) is 69.8 cm³/mol. The third-order valence-electron chi connectivity index (χ3n) is 2.49. The third-order valence-corrected chi connectivity index (χ3v) is 2.49. The third kappa shape index (κ3) is 3.45. The highest BCUT2D eigenvalue weighted by Gasteiger charge is 1.98. The van der Waals surface area contributed by atoms with E-state index >= 15 is 0 Å². The van der Waals surface area contributed by atoms with Crippen LogP contribution in [0.5, 0.6) is 0 Å². The zero-order valence-corrected chi connectivity index (χ0v) is 9.79. The van der Waals surface area contributed by atoms with Crippen LogP contribution in [0.4, 0.5) is 20.2 Å². The van der Waals surface area contributed by atoms with E-state index in [2.05, 4.69) is 10.6 Å². The Balaban J connectivity index is 1.76. The van der Waals surface area contributed by atoms with Crippen LogP contribution in [0, 0.1) is 11.6 Å². The topological polar surface area (TPSA) is 24.1 Å². The van der Waals surface area contributed by atoms with E-state index in [4.69, 9.17) is 0 Å². The van der Waals surface area contributed by atoms with Crippen molar-refractivity contribution in [1.29, 1.82) is 0 Å². The molecule has 0 aliphatic heterocycles. The molecule has 2 aromatic rings. The van der Waals surface area contributed by atoms with E-state index in [9.17, 15) is 8.78 Å². The average Bonchev–Trinajstić information content (AvgIpc) is 2.39. The molecule has 0 saturated heterocycles. The van der Waals surface area contributed by atoms with Gasteiger partial charge in [-0.15, -0.1) is 0 Å². The van der Waals surface area contributed by atoms with Gasteiger partial charge in [-0.05, 0) is 36.4 Å². The van der Waals surface area contributed by atoms with E-state index in [1.165, 1.54) is 18.2 Å². The van der Waals surface area contributed by atoms with Crippen molar-refractivity contribution in [3.8, 4) is 0 Å². The van der Waals surface area contributed by atoms with Crippen LogP contribution in [0.15, 0.2) is 48.5 Å². The van der Waals surface area contributed by atoms with E-state index in [0.29, 0.717) is 18.8 Å². The largest absolute Gasteiger partial charge is 0.383 e. The van der Waals surface area contributed by atoms with Crippen LogP contribution in [-0.2, 0) is 0 Å². The van der Waals surface area contributed by atoms with Crippen molar-refractivity contribution in [3.63, 3.8) is 0 Å². The first-order valence-electron chi connectivity index (χ1n) is 5.73. The molecule has 94 valence electrons. The van der Waals surface area contributed by atoms with Gasteiger partial charge in [-0.2, -0.15) is 0 Å². The Hall–Kier alpha value is -2.10. The smallest absolute Gasteiger partial charge is 0.146 e. The summed E-state index contributed by atoms with van der Waals surface area (Å²) in [6.07, 6.45) is 0. The van der Waals surface area contributed by atoms with E-state index in [1.807, 2.05) is 0 Å². The lowest BCUT2D eigenvalue weighted by Crippen LogP contribution is -2.14. The summed E-state index contributed by atoms with van der Waals surface area (Å²) in [7, 11) is 0. The molecule has 2 nitrogen and oxygen atoms in total. The molecule has 2 N–H and O–H groups in total. The number of hydrogen-bond acceptors (Lipinski definition) is 2. The zero-order valence-electron chi connectivity index (χ0n) is 9.79. The summed E-state index contributed by atoms with van der Waals surface area (Å²) in [5.74, 6) is -0.524. The molecule has 0 aromatic heterocycles. The molecule has 0 unspecified atom stereocenters.